The number of hydrogen-bond donors (Lipinski definition) is 3. The molecule has 1 aromatic carbocycles. The lowest BCUT2D eigenvalue weighted by Gasteiger charge is -2.30. The molecule has 2 aliphatic rings. The zero-order valence-electron chi connectivity index (χ0n) is 16.4. The summed E-state index contributed by atoms with van der Waals surface area (Å²) in [5, 5.41) is 5.50. The molecule has 3 atom stereocenters. The van der Waals surface area contributed by atoms with E-state index in [1.165, 1.54) is 4.90 Å². The fourth-order valence-corrected chi connectivity index (χ4v) is 4.01. The first-order chi connectivity index (χ1) is 14.0. The van der Waals surface area contributed by atoms with E-state index in [9.17, 15) is 19.2 Å². The molecule has 4 amide bonds. The first-order valence-corrected chi connectivity index (χ1v) is 10.2. The van der Waals surface area contributed by atoms with Crippen molar-refractivity contribution < 1.29 is 19.2 Å². The van der Waals surface area contributed by atoms with E-state index in [-0.39, 0.29) is 17.7 Å². The number of aryl methyl sites for hydroxylation is 1. The van der Waals surface area contributed by atoms with E-state index in [1.807, 2.05) is 30.3 Å². The Labute approximate surface area is 170 Å². The third-order valence-electron chi connectivity index (χ3n) is 5.59. The van der Waals surface area contributed by atoms with E-state index in [1.54, 1.807) is 0 Å². The highest BCUT2D eigenvalue weighted by molar-refractivity contribution is 5.94. The third-order valence-corrected chi connectivity index (χ3v) is 5.59. The molecular formula is C21H28N4O4. The van der Waals surface area contributed by atoms with Crippen molar-refractivity contribution >= 4 is 23.6 Å². The van der Waals surface area contributed by atoms with Crippen LogP contribution >= 0.6 is 0 Å². The van der Waals surface area contributed by atoms with E-state index >= 15 is 0 Å². The smallest absolute Gasteiger partial charge is 0.245 e. The van der Waals surface area contributed by atoms with Gasteiger partial charge in [-0.15, -0.1) is 0 Å². The molecule has 1 aromatic rings. The van der Waals surface area contributed by atoms with E-state index in [0.29, 0.717) is 51.5 Å². The van der Waals surface area contributed by atoms with Crippen molar-refractivity contribution in [1.29, 1.82) is 0 Å². The van der Waals surface area contributed by atoms with Crippen LogP contribution in [0.3, 0.4) is 0 Å². The summed E-state index contributed by atoms with van der Waals surface area (Å²) in [5.41, 5.74) is 6.51. The number of nitrogens with two attached hydrogens (primary N) is 1. The van der Waals surface area contributed by atoms with Gasteiger partial charge in [-0.05, 0) is 44.1 Å². The lowest BCUT2D eigenvalue weighted by molar-refractivity contribution is -0.141. The molecule has 8 heteroatoms. The predicted octanol–water partition coefficient (Wildman–Crippen LogP) is 0.249. The van der Waals surface area contributed by atoms with Crippen LogP contribution in [0, 0.1) is 0 Å². The first kappa shape index (κ1) is 20.8. The molecule has 0 saturated carbocycles. The van der Waals surface area contributed by atoms with E-state index in [2.05, 4.69) is 10.6 Å². The van der Waals surface area contributed by atoms with Gasteiger partial charge in [-0.1, -0.05) is 30.3 Å². The number of rotatable bonds is 7. The van der Waals surface area contributed by atoms with E-state index in [4.69, 9.17) is 5.73 Å². The maximum atomic E-state index is 13.2. The van der Waals surface area contributed by atoms with E-state index < -0.39 is 24.0 Å². The fourth-order valence-electron chi connectivity index (χ4n) is 4.01. The van der Waals surface area contributed by atoms with Crippen molar-refractivity contribution in [2.45, 2.75) is 63.1 Å². The van der Waals surface area contributed by atoms with Gasteiger partial charge in [-0.3, -0.25) is 19.2 Å². The summed E-state index contributed by atoms with van der Waals surface area (Å²) in [5.74, 6) is -1.34. The zero-order chi connectivity index (χ0) is 20.8. The van der Waals surface area contributed by atoms with Crippen LogP contribution in [0.5, 0.6) is 0 Å². The van der Waals surface area contributed by atoms with Crippen molar-refractivity contribution in [1.82, 2.24) is 15.5 Å². The minimum Gasteiger partial charge on any atom is -0.368 e. The van der Waals surface area contributed by atoms with Gasteiger partial charge in [-0.2, -0.15) is 0 Å². The lowest BCUT2D eigenvalue weighted by atomic mass is 10.0. The molecule has 0 radical (unpaired) electrons. The fraction of sp³-hybridized carbons (Fsp3) is 0.524. The number of nitrogens with zero attached hydrogens (tertiary/aromatic N) is 1. The molecule has 0 aliphatic carbocycles. The molecule has 29 heavy (non-hydrogen) atoms. The Morgan fingerprint density at radius 2 is 1.93 bits per heavy atom. The van der Waals surface area contributed by atoms with Crippen LogP contribution < -0.4 is 16.4 Å². The van der Waals surface area contributed by atoms with Gasteiger partial charge in [0.1, 0.15) is 18.1 Å². The Morgan fingerprint density at radius 1 is 1.17 bits per heavy atom. The average Bonchev–Trinajstić information content (AvgIpc) is 3.21. The number of amides is 4. The van der Waals surface area contributed by atoms with Gasteiger partial charge in [0.2, 0.25) is 23.6 Å². The number of hydrogen-bond acceptors (Lipinski definition) is 4. The SMILES string of the molecule is NC(=O)[C@@H]1CCCN1C(=O)[C@H](CCc1ccccc1)NC(=O)[C@@H]1CCCC(=O)N1. The second-order valence-corrected chi connectivity index (χ2v) is 7.69. The van der Waals surface area contributed by atoms with Gasteiger partial charge < -0.3 is 21.3 Å². The van der Waals surface area contributed by atoms with Crippen molar-refractivity contribution in [3.63, 3.8) is 0 Å². The van der Waals surface area contributed by atoms with Gasteiger partial charge in [0.05, 0.1) is 0 Å². The highest BCUT2D eigenvalue weighted by Gasteiger charge is 2.37. The molecule has 2 saturated heterocycles. The molecule has 0 unspecified atom stereocenters. The minimum absolute atomic E-state index is 0.156. The van der Waals surface area contributed by atoms with Crippen molar-refractivity contribution in [2.75, 3.05) is 6.54 Å². The Bertz CT molecular complexity index is 767. The van der Waals surface area contributed by atoms with Gasteiger partial charge in [0, 0.05) is 13.0 Å². The number of benzene rings is 1. The molecule has 2 fully saturated rings. The standard InChI is InChI=1S/C21H28N4O4/c22-19(27)17-9-5-13-25(17)21(29)16(12-11-14-6-2-1-3-7-14)24-20(28)15-8-4-10-18(26)23-15/h1-3,6-7,15-17H,4-5,8-13H2,(H2,22,27)(H,23,26)(H,24,28)/t15-,16-,17-/m0/s1. The Kier molecular flexibility index (Phi) is 6.85. The van der Waals surface area contributed by atoms with Crippen LogP contribution in [0.1, 0.15) is 44.1 Å². The summed E-state index contributed by atoms with van der Waals surface area (Å²) in [6.07, 6.45) is 3.85. The molecule has 2 aliphatic heterocycles. The second-order valence-electron chi connectivity index (χ2n) is 7.69. The molecule has 0 bridgehead atoms. The number of likely N-dealkylation sites (tertiary alicyclic amines) is 1. The molecule has 3 rings (SSSR count). The van der Waals surface area contributed by atoms with Crippen LogP contribution in [-0.2, 0) is 25.6 Å². The Morgan fingerprint density at radius 3 is 2.62 bits per heavy atom. The molecule has 8 nitrogen and oxygen atoms in total. The second kappa shape index (κ2) is 9.54. The number of primary amides is 1. The molecule has 4 N–H and O–H groups in total. The monoisotopic (exact) mass is 400 g/mol. The van der Waals surface area contributed by atoms with Crippen molar-refractivity contribution in [2.24, 2.45) is 5.73 Å². The summed E-state index contributed by atoms with van der Waals surface area (Å²) in [7, 11) is 0. The number of carbonyl (C=O) groups excluding carboxylic acids is 4. The number of nitrogens with one attached hydrogen (secondary N) is 2. The van der Waals surface area contributed by atoms with Crippen LogP contribution in [0.2, 0.25) is 0 Å². The largest absolute Gasteiger partial charge is 0.368 e. The highest BCUT2D eigenvalue weighted by Crippen LogP contribution is 2.20. The van der Waals surface area contributed by atoms with Crippen LogP contribution in [0.4, 0.5) is 0 Å². The predicted molar refractivity (Wildman–Crippen MR) is 106 cm³/mol. The quantitative estimate of drug-likeness (QED) is 0.607. The van der Waals surface area contributed by atoms with Crippen LogP contribution in [-0.4, -0.2) is 53.2 Å². The maximum absolute atomic E-state index is 13.2. The highest BCUT2D eigenvalue weighted by atomic mass is 16.2. The van der Waals surface area contributed by atoms with Gasteiger partial charge in [0.15, 0.2) is 0 Å². The average molecular weight is 400 g/mol. The van der Waals surface area contributed by atoms with Crippen LogP contribution in [0.15, 0.2) is 30.3 Å². The van der Waals surface area contributed by atoms with Gasteiger partial charge in [-0.25, -0.2) is 0 Å². The lowest BCUT2D eigenvalue weighted by Crippen LogP contribution is -2.57. The normalized spacial score (nSPS) is 22.6. The molecule has 2 heterocycles. The number of piperidine rings is 1. The van der Waals surface area contributed by atoms with E-state index in [0.717, 1.165) is 5.56 Å². The topological polar surface area (TPSA) is 122 Å². The first-order valence-electron chi connectivity index (χ1n) is 10.2. The molecule has 0 aromatic heterocycles. The minimum atomic E-state index is -0.776. The summed E-state index contributed by atoms with van der Waals surface area (Å²) < 4.78 is 0. The van der Waals surface area contributed by atoms with Crippen molar-refractivity contribution in [3.8, 4) is 0 Å². The third kappa shape index (κ3) is 5.34. The Balaban J connectivity index is 1.71. The number of carbonyl (C=O) groups is 4. The molecule has 156 valence electrons. The van der Waals surface area contributed by atoms with Crippen molar-refractivity contribution in [3.05, 3.63) is 35.9 Å². The summed E-state index contributed by atoms with van der Waals surface area (Å²) in [4.78, 5) is 50.7. The summed E-state index contributed by atoms with van der Waals surface area (Å²) in [6.45, 7) is 0.449. The van der Waals surface area contributed by atoms with Gasteiger partial charge >= 0.3 is 0 Å². The molecular weight excluding hydrogens is 372 g/mol. The van der Waals surface area contributed by atoms with Crippen LogP contribution in [0.25, 0.3) is 0 Å². The zero-order valence-corrected chi connectivity index (χ0v) is 16.4. The summed E-state index contributed by atoms with van der Waals surface area (Å²) in [6, 6.07) is 7.65. The van der Waals surface area contributed by atoms with Gasteiger partial charge in [0.25, 0.3) is 0 Å². The Hall–Kier alpha value is -2.90. The summed E-state index contributed by atoms with van der Waals surface area (Å²) >= 11 is 0. The maximum Gasteiger partial charge on any atom is 0.245 e. The molecule has 0 spiro atoms.